The van der Waals surface area contributed by atoms with Crippen molar-refractivity contribution in [2.24, 2.45) is 5.92 Å². The van der Waals surface area contributed by atoms with Gasteiger partial charge in [-0.05, 0) is 31.4 Å². The van der Waals surface area contributed by atoms with E-state index in [-0.39, 0.29) is 18.0 Å². The van der Waals surface area contributed by atoms with E-state index in [0.717, 1.165) is 5.56 Å². The Morgan fingerprint density at radius 1 is 1.02 bits per heavy atom. The highest BCUT2D eigenvalue weighted by Gasteiger charge is 2.57. The number of aliphatic hydroxyl groups is 1. The normalized spacial score (nSPS) is 18.6. The fraction of sp³-hybridized carbons (Fsp3) is 0.448. The van der Waals surface area contributed by atoms with E-state index < -0.39 is 73.1 Å². The SMILES string of the molecule is CNC(=O)C[C@]1(CC(=O)O)OB([C@@H](CC(=O)[C@@H](NC(=O)c2cccc(-c3ccccc3)n2)[C@@H](C)O)CC(C)C)OC1=O. The smallest absolute Gasteiger partial charge is 0.507 e. The van der Waals surface area contributed by atoms with E-state index in [2.05, 4.69) is 15.6 Å². The Morgan fingerprint density at radius 2 is 1.71 bits per heavy atom. The Bertz CT molecular complexity index is 1300. The van der Waals surface area contributed by atoms with Gasteiger partial charge < -0.3 is 30.2 Å². The quantitative estimate of drug-likeness (QED) is 0.241. The van der Waals surface area contributed by atoms with E-state index in [1.54, 1.807) is 12.1 Å². The lowest BCUT2D eigenvalue weighted by atomic mass is 9.65. The molecule has 0 saturated carbocycles. The summed E-state index contributed by atoms with van der Waals surface area (Å²) in [4.78, 5) is 67.5. The highest BCUT2D eigenvalue weighted by Crippen LogP contribution is 2.38. The monoisotopic (exact) mass is 581 g/mol. The van der Waals surface area contributed by atoms with E-state index in [1.165, 1.54) is 20.0 Å². The fourth-order valence-electron chi connectivity index (χ4n) is 4.88. The van der Waals surface area contributed by atoms with Crippen LogP contribution >= 0.6 is 0 Å². The third-order valence-electron chi connectivity index (χ3n) is 6.89. The van der Waals surface area contributed by atoms with Crippen LogP contribution in [0.1, 0.15) is 56.9 Å². The number of rotatable bonds is 14. The molecular formula is C29H36BN3O9. The highest BCUT2D eigenvalue weighted by atomic mass is 16.7. The van der Waals surface area contributed by atoms with Crippen LogP contribution in [0.5, 0.6) is 0 Å². The van der Waals surface area contributed by atoms with Gasteiger partial charge in [0.15, 0.2) is 11.4 Å². The molecule has 0 radical (unpaired) electrons. The second-order valence-electron chi connectivity index (χ2n) is 10.8. The van der Waals surface area contributed by atoms with Crippen LogP contribution in [0.4, 0.5) is 0 Å². The molecule has 1 saturated heterocycles. The van der Waals surface area contributed by atoms with Gasteiger partial charge in [-0.15, -0.1) is 0 Å². The van der Waals surface area contributed by atoms with E-state index in [1.807, 2.05) is 44.2 Å². The van der Waals surface area contributed by atoms with Crippen molar-refractivity contribution < 1.29 is 43.5 Å². The first-order valence-electron chi connectivity index (χ1n) is 13.7. The summed E-state index contributed by atoms with van der Waals surface area (Å²) in [5.74, 6) is -4.96. The van der Waals surface area contributed by atoms with Crippen molar-refractivity contribution in [1.82, 2.24) is 15.6 Å². The largest absolute Gasteiger partial charge is 0.531 e. The molecular weight excluding hydrogens is 545 g/mol. The minimum atomic E-state index is -2.05. The molecule has 13 heteroatoms. The molecule has 0 aliphatic carbocycles. The number of ketones is 1. The lowest BCUT2D eigenvalue weighted by molar-refractivity contribution is -0.154. The van der Waals surface area contributed by atoms with Gasteiger partial charge in [0.05, 0.1) is 24.6 Å². The molecule has 1 aliphatic rings. The Balaban J connectivity index is 1.80. The van der Waals surface area contributed by atoms with E-state index in [9.17, 15) is 34.2 Å². The molecule has 2 aromatic rings. The Kier molecular flexibility index (Phi) is 11.0. The van der Waals surface area contributed by atoms with Crippen molar-refractivity contribution in [3.05, 3.63) is 54.2 Å². The zero-order valence-electron chi connectivity index (χ0n) is 24.0. The first-order chi connectivity index (χ1) is 19.8. The van der Waals surface area contributed by atoms with Crippen LogP contribution in [0, 0.1) is 5.92 Å². The third-order valence-corrected chi connectivity index (χ3v) is 6.89. The molecule has 0 unspecified atom stereocenters. The van der Waals surface area contributed by atoms with Crippen molar-refractivity contribution >= 4 is 36.7 Å². The number of pyridine rings is 1. The highest BCUT2D eigenvalue weighted by molar-refractivity contribution is 6.51. The molecule has 4 N–H and O–H groups in total. The summed E-state index contributed by atoms with van der Waals surface area (Å²) < 4.78 is 11.2. The Labute approximate surface area is 244 Å². The van der Waals surface area contributed by atoms with Crippen LogP contribution in [0.25, 0.3) is 11.3 Å². The molecule has 1 fully saturated rings. The number of nitrogens with one attached hydrogen (secondary N) is 2. The second kappa shape index (κ2) is 14.2. The molecule has 2 heterocycles. The molecule has 42 heavy (non-hydrogen) atoms. The molecule has 2 amide bonds. The number of benzene rings is 1. The number of aromatic nitrogens is 1. The van der Waals surface area contributed by atoms with Crippen LogP contribution in [-0.4, -0.2) is 76.6 Å². The molecule has 3 rings (SSSR count). The van der Waals surface area contributed by atoms with E-state index in [4.69, 9.17) is 9.31 Å². The van der Waals surface area contributed by atoms with Crippen LogP contribution in [-0.2, 0) is 28.5 Å². The number of carbonyl (C=O) groups is 5. The number of carboxylic acids is 1. The zero-order chi connectivity index (χ0) is 31.0. The van der Waals surface area contributed by atoms with Gasteiger partial charge in [-0.2, -0.15) is 0 Å². The number of hydrogen-bond donors (Lipinski definition) is 4. The number of aliphatic carboxylic acids is 1. The lowest BCUT2D eigenvalue weighted by Gasteiger charge is -2.26. The Morgan fingerprint density at radius 3 is 2.31 bits per heavy atom. The Hall–Kier alpha value is -4.10. The van der Waals surface area contributed by atoms with Gasteiger partial charge in [-0.25, -0.2) is 4.98 Å². The molecule has 0 spiro atoms. The lowest BCUT2D eigenvalue weighted by Crippen LogP contribution is -2.48. The predicted molar refractivity (Wildman–Crippen MR) is 152 cm³/mol. The minimum Gasteiger partial charge on any atom is -0.507 e. The summed E-state index contributed by atoms with van der Waals surface area (Å²) in [6.45, 7) is 5.12. The van der Waals surface area contributed by atoms with Crippen LogP contribution < -0.4 is 10.6 Å². The summed E-state index contributed by atoms with van der Waals surface area (Å²) in [5.41, 5.74) is -0.646. The van der Waals surface area contributed by atoms with Gasteiger partial charge >= 0.3 is 19.1 Å². The maximum atomic E-state index is 13.5. The molecule has 4 atom stereocenters. The molecule has 1 aliphatic heterocycles. The molecule has 0 bridgehead atoms. The van der Waals surface area contributed by atoms with Crippen LogP contribution in [0.3, 0.4) is 0 Å². The zero-order valence-corrected chi connectivity index (χ0v) is 24.0. The minimum absolute atomic E-state index is 0.00281. The van der Waals surface area contributed by atoms with Gasteiger partial charge in [0, 0.05) is 24.8 Å². The summed E-state index contributed by atoms with van der Waals surface area (Å²) in [6.07, 6.45) is -2.60. The van der Waals surface area contributed by atoms with Gasteiger partial charge in [0.25, 0.3) is 5.91 Å². The van der Waals surface area contributed by atoms with E-state index in [0.29, 0.717) is 12.1 Å². The first-order valence-corrected chi connectivity index (χ1v) is 13.7. The van der Waals surface area contributed by atoms with Crippen molar-refractivity contribution in [2.45, 2.75) is 70.0 Å². The summed E-state index contributed by atoms with van der Waals surface area (Å²) >= 11 is 0. The first kappa shape index (κ1) is 32.4. The summed E-state index contributed by atoms with van der Waals surface area (Å²) in [6, 6.07) is 12.8. The van der Waals surface area contributed by atoms with Crippen molar-refractivity contribution in [3.8, 4) is 11.3 Å². The van der Waals surface area contributed by atoms with Crippen molar-refractivity contribution in [3.63, 3.8) is 0 Å². The number of carboxylic acid groups (broad SMARTS) is 1. The van der Waals surface area contributed by atoms with Gasteiger partial charge in [-0.1, -0.05) is 50.2 Å². The maximum absolute atomic E-state index is 13.5. The van der Waals surface area contributed by atoms with Crippen LogP contribution in [0.2, 0.25) is 5.82 Å². The molecule has 1 aromatic carbocycles. The second-order valence-corrected chi connectivity index (χ2v) is 10.8. The number of amides is 2. The summed E-state index contributed by atoms with van der Waals surface area (Å²) in [5, 5.41) is 24.8. The number of carbonyl (C=O) groups excluding carboxylic acids is 4. The fourth-order valence-corrected chi connectivity index (χ4v) is 4.88. The summed E-state index contributed by atoms with van der Waals surface area (Å²) in [7, 11) is 0.0228. The standard InChI is InChI=1S/C29H36BN3O9/c1-17(2)13-20(30-41-28(40)29(42-30,16-25(37)38)15-24(36)31-4)14-23(35)26(18(3)34)33-27(39)22-12-8-11-21(32-22)19-9-6-5-7-10-19/h5-12,17-18,20,26,34H,13-16H2,1-4H3,(H,31,36)(H,33,39)(H,37,38)/t18-,20-,26+,29-/m1/s1. The van der Waals surface area contributed by atoms with Crippen molar-refractivity contribution in [1.29, 1.82) is 0 Å². The maximum Gasteiger partial charge on any atom is 0.531 e. The van der Waals surface area contributed by atoms with Gasteiger partial charge in [0.2, 0.25) is 5.91 Å². The topological polar surface area (TPSA) is 181 Å². The molecule has 12 nitrogen and oxygen atoms in total. The number of hydrogen-bond acceptors (Lipinski definition) is 9. The van der Waals surface area contributed by atoms with Gasteiger partial charge in [0.1, 0.15) is 11.7 Å². The van der Waals surface area contributed by atoms with Crippen LogP contribution in [0.15, 0.2) is 48.5 Å². The number of Topliss-reactive ketones (excluding diaryl/α,β-unsaturated/α-hetero) is 1. The molecule has 1 aromatic heterocycles. The average Bonchev–Trinajstić information content (AvgIpc) is 3.25. The van der Waals surface area contributed by atoms with Gasteiger partial charge in [-0.3, -0.25) is 24.0 Å². The number of aliphatic hydroxyl groups excluding tert-OH is 1. The van der Waals surface area contributed by atoms with E-state index >= 15 is 0 Å². The predicted octanol–water partition coefficient (Wildman–Crippen LogP) is 2.01. The average molecular weight is 581 g/mol. The number of nitrogens with zero attached hydrogens (tertiary/aromatic N) is 1. The molecule has 224 valence electrons. The third kappa shape index (κ3) is 8.23. The van der Waals surface area contributed by atoms with Crippen molar-refractivity contribution in [2.75, 3.05) is 7.05 Å².